The molecule has 1 aliphatic carbocycles. The topological polar surface area (TPSA) is 46.9 Å². The van der Waals surface area contributed by atoms with Gasteiger partial charge in [0.1, 0.15) is 5.75 Å². The van der Waals surface area contributed by atoms with Crippen molar-refractivity contribution in [3.63, 3.8) is 0 Å². The van der Waals surface area contributed by atoms with E-state index in [1.54, 1.807) is 12.1 Å². The Labute approximate surface area is 150 Å². The Balaban J connectivity index is 1.64. The van der Waals surface area contributed by atoms with Crippen LogP contribution < -0.4 is 0 Å². The number of rotatable bonds is 5. The molecule has 24 heavy (non-hydrogen) atoms. The first-order valence-corrected chi connectivity index (χ1v) is 9.61. The van der Waals surface area contributed by atoms with E-state index in [9.17, 15) is 10.2 Å². The molecule has 4 nitrogen and oxygen atoms in total. The smallest absolute Gasteiger partial charge is 0.120 e. The van der Waals surface area contributed by atoms with Crippen LogP contribution in [0.25, 0.3) is 0 Å². The Morgan fingerprint density at radius 3 is 2.67 bits per heavy atom. The number of phenols is 1. The second-order valence-corrected chi connectivity index (χ2v) is 7.64. The number of piperazine rings is 1. The van der Waals surface area contributed by atoms with Crippen molar-refractivity contribution in [2.45, 2.75) is 57.2 Å². The summed E-state index contributed by atoms with van der Waals surface area (Å²) in [6.07, 6.45) is 7.48. The van der Waals surface area contributed by atoms with Crippen molar-refractivity contribution < 1.29 is 10.2 Å². The molecule has 3 rings (SSSR count). The van der Waals surface area contributed by atoms with Gasteiger partial charge in [-0.1, -0.05) is 30.9 Å². The van der Waals surface area contributed by atoms with Gasteiger partial charge in [0.05, 0.1) is 0 Å². The number of hydrogen-bond donors (Lipinski definition) is 2. The molecule has 5 heteroatoms. The largest absolute Gasteiger partial charge is 0.508 e. The van der Waals surface area contributed by atoms with Gasteiger partial charge in [0, 0.05) is 55.5 Å². The summed E-state index contributed by atoms with van der Waals surface area (Å²) in [5.41, 5.74) is 0.886. The number of aliphatic hydroxyl groups excluding tert-OH is 1. The number of phenolic OH excluding ortho intramolecular Hbond substituents is 1. The predicted octanol–water partition coefficient (Wildman–Crippen LogP) is 3.25. The summed E-state index contributed by atoms with van der Waals surface area (Å²) in [6.45, 7) is 3.96. The molecule has 0 bridgehead atoms. The number of hydrogen-bond acceptors (Lipinski definition) is 4. The lowest BCUT2D eigenvalue weighted by Gasteiger charge is -2.46. The molecule has 0 unspecified atom stereocenters. The first kappa shape index (κ1) is 18.0. The maximum atomic E-state index is 10.1. The van der Waals surface area contributed by atoms with Gasteiger partial charge in [-0.15, -0.1) is 0 Å². The molecule has 1 aromatic carbocycles. The third-order valence-corrected chi connectivity index (χ3v) is 5.79. The van der Waals surface area contributed by atoms with Gasteiger partial charge in [-0.2, -0.15) is 0 Å². The Hall–Kier alpha value is -0.810. The van der Waals surface area contributed by atoms with Crippen LogP contribution in [0.2, 0.25) is 5.02 Å². The average molecular weight is 353 g/mol. The number of nitrogens with zero attached hydrogens (tertiary/aromatic N) is 2. The molecule has 2 fully saturated rings. The van der Waals surface area contributed by atoms with E-state index in [0.717, 1.165) is 31.6 Å². The van der Waals surface area contributed by atoms with Crippen molar-refractivity contribution in [3.8, 4) is 5.75 Å². The molecule has 0 radical (unpaired) electrons. The molecule has 0 aromatic heterocycles. The van der Waals surface area contributed by atoms with E-state index in [2.05, 4.69) is 9.80 Å². The molecular weight excluding hydrogens is 324 g/mol. The van der Waals surface area contributed by atoms with E-state index in [-0.39, 0.29) is 6.61 Å². The van der Waals surface area contributed by atoms with Crippen LogP contribution in [0.1, 0.15) is 44.1 Å². The van der Waals surface area contributed by atoms with Crippen LogP contribution in [0.15, 0.2) is 18.2 Å². The number of aromatic hydroxyl groups is 1. The molecule has 1 aromatic rings. The fraction of sp³-hybridized carbons (Fsp3) is 0.684. The zero-order valence-electron chi connectivity index (χ0n) is 14.3. The van der Waals surface area contributed by atoms with Gasteiger partial charge in [-0.05, 0) is 37.5 Å². The molecule has 2 aliphatic rings. The monoisotopic (exact) mass is 352 g/mol. The van der Waals surface area contributed by atoms with E-state index in [0.29, 0.717) is 29.4 Å². The standard InChI is InChI=1S/C19H29ClN2O2/c20-16-6-7-19(24)15(12-16)13-21-9-10-22(18(14-21)8-11-23)17-4-2-1-3-5-17/h6-7,12,17-18,23-24H,1-5,8-11,13-14H2/t18-/m1/s1. The summed E-state index contributed by atoms with van der Waals surface area (Å²) < 4.78 is 0. The first-order valence-electron chi connectivity index (χ1n) is 9.23. The molecule has 1 atom stereocenters. The fourth-order valence-corrected chi connectivity index (χ4v) is 4.49. The van der Waals surface area contributed by atoms with E-state index < -0.39 is 0 Å². The van der Waals surface area contributed by atoms with Crippen molar-refractivity contribution in [1.29, 1.82) is 0 Å². The second-order valence-electron chi connectivity index (χ2n) is 7.20. The lowest BCUT2D eigenvalue weighted by atomic mass is 9.91. The lowest BCUT2D eigenvalue weighted by molar-refractivity contribution is 0.0134. The highest BCUT2D eigenvalue weighted by molar-refractivity contribution is 6.30. The van der Waals surface area contributed by atoms with Crippen molar-refractivity contribution in [3.05, 3.63) is 28.8 Å². The molecule has 0 amide bonds. The van der Waals surface area contributed by atoms with Crippen molar-refractivity contribution in [1.82, 2.24) is 9.80 Å². The van der Waals surface area contributed by atoms with Crippen LogP contribution in [0.4, 0.5) is 0 Å². The third-order valence-electron chi connectivity index (χ3n) is 5.55. The summed E-state index contributed by atoms with van der Waals surface area (Å²) >= 11 is 6.07. The van der Waals surface area contributed by atoms with E-state index in [1.165, 1.54) is 32.1 Å². The normalized spacial score (nSPS) is 24.3. The predicted molar refractivity (Wildman–Crippen MR) is 97.5 cm³/mol. The van der Waals surface area contributed by atoms with Gasteiger partial charge >= 0.3 is 0 Å². The van der Waals surface area contributed by atoms with E-state index in [4.69, 9.17) is 11.6 Å². The van der Waals surface area contributed by atoms with Crippen LogP contribution in [0.3, 0.4) is 0 Å². The maximum Gasteiger partial charge on any atom is 0.120 e. The summed E-state index contributed by atoms with van der Waals surface area (Å²) in [4.78, 5) is 5.02. The lowest BCUT2D eigenvalue weighted by Crippen LogP contribution is -2.56. The van der Waals surface area contributed by atoms with Gasteiger partial charge < -0.3 is 10.2 Å². The van der Waals surface area contributed by atoms with Gasteiger partial charge in [0.15, 0.2) is 0 Å². The third kappa shape index (κ3) is 4.42. The molecule has 134 valence electrons. The molecule has 2 N–H and O–H groups in total. The number of benzene rings is 1. The maximum absolute atomic E-state index is 10.1. The fourth-order valence-electron chi connectivity index (χ4n) is 4.30. The van der Waals surface area contributed by atoms with Gasteiger partial charge in [0.25, 0.3) is 0 Å². The molecule has 1 saturated heterocycles. The molecule has 1 aliphatic heterocycles. The average Bonchev–Trinajstić information content (AvgIpc) is 2.59. The number of halogens is 1. The van der Waals surface area contributed by atoms with Gasteiger partial charge in [-0.3, -0.25) is 9.80 Å². The number of aliphatic hydroxyl groups is 1. The van der Waals surface area contributed by atoms with E-state index >= 15 is 0 Å². The quantitative estimate of drug-likeness (QED) is 0.854. The van der Waals surface area contributed by atoms with Gasteiger partial charge in [-0.25, -0.2) is 0 Å². The summed E-state index contributed by atoms with van der Waals surface area (Å²) in [6, 6.07) is 6.34. The highest BCUT2D eigenvalue weighted by Gasteiger charge is 2.32. The Bertz CT molecular complexity index is 534. The summed E-state index contributed by atoms with van der Waals surface area (Å²) in [5, 5.41) is 20.2. The Kier molecular flexibility index (Phi) is 6.39. The Morgan fingerprint density at radius 2 is 1.92 bits per heavy atom. The molecule has 0 spiro atoms. The second kappa shape index (κ2) is 8.52. The molecular formula is C19H29ClN2O2. The summed E-state index contributed by atoms with van der Waals surface area (Å²) in [7, 11) is 0. The van der Waals surface area contributed by atoms with E-state index in [1.807, 2.05) is 6.07 Å². The first-order chi connectivity index (χ1) is 11.7. The van der Waals surface area contributed by atoms with Crippen LogP contribution >= 0.6 is 11.6 Å². The van der Waals surface area contributed by atoms with Crippen LogP contribution in [-0.2, 0) is 6.54 Å². The Morgan fingerprint density at radius 1 is 1.12 bits per heavy atom. The zero-order chi connectivity index (χ0) is 16.9. The van der Waals surface area contributed by atoms with Crippen molar-refractivity contribution >= 4 is 11.6 Å². The van der Waals surface area contributed by atoms with Crippen molar-refractivity contribution in [2.24, 2.45) is 0 Å². The van der Waals surface area contributed by atoms with Crippen LogP contribution in [-0.4, -0.2) is 58.3 Å². The van der Waals surface area contributed by atoms with Gasteiger partial charge in [0.2, 0.25) is 0 Å². The minimum atomic E-state index is 0.240. The minimum absolute atomic E-state index is 0.240. The highest BCUT2D eigenvalue weighted by Crippen LogP contribution is 2.29. The van der Waals surface area contributed by atoms with Crippen LogP contribution in [0, 0.1) is 0 Å². The highest BCUT2D eigenvalue weighted by atomic mass is 35.5. The minimum Gasteiger partial charge on any atom is -0.508 e. The SMILES string of the molecule is OCC[C@@H]1CN(Cc2cc(Cl)ccc2O)CCN1C1CCCCC1. The molecule has 1 saturated carbocycles. The van der Waals surface area contributed by atoms with Crippen LogP contribution in [0.5, 0.6) is 5.75 Å². The summed E-state index contributed by atoms with van der Waals surface area (Å²) in [5.74, 6) is 0.313. The van der Waals surface area contributed by atoms with Crippen molar-refractivity contribution in [2.75, 3.05) is 26.2 Å². The molecule has 1 heterocycles. The zero-order valence-corrected chi connectivity index (χ0v) is 15.1.